The van der Waals surface area contributed by atoms with Crippen LogP contribution in [0, 0.1) is 0 Å². The molecule has 5 rings (SSSR count). The summed E-state index contributed by atoms with van der Waals surface area (Å²) in [7, 11) is -0.638. The second kappa shape index (κ2) is 10.5. The molecule has 3 heterocycles. The molecule has 2 aliphatic rings. The van der Waals surface area contributed by atoms with Crippen LogP contribution < -0.4 is 0 Å². The van der Waals surface area contributed by atoms with Crippen LogP contribution in [0.2, 0.25) is 0 Å². The second-order valence-corrected chi connectivity index (χ2v) is 12.7. The maximum atomic E-state index is 12.9. The smallest absolute Gasteiger partial charge is 0.286 e. The summed E-state index contributed by atoms with van der Waals surface area (Å²) in [6.45, 7) is 5.36. The number of benzene rings is 2. The number of amidine groups is 1. The van der Waals surface area contributed by atoms with Crippen LogP contribution in [-0.4, -0.2) is 77.9 Å². The van der Waals surface area contributed by atoms with E-state index in [0.717, 1.165) is 5.69 Å². The van der Waals surface area contributed by atoms with E-state index in [9.17, 15) is 13.2 Å². The fourth-order valence-electron chi connectivity index (χ4n) is 4.45. The van der Waals surface area contributed by atoms with Crippen LogP contribution in [0.1, 0.15) is 19.4 Å². The van der Waals surface area contributed by atoms with Gasteiger partial charge in [0.1, 0.15) is 5.69 Å². The van der Waals surface area contributed by atoms with Gasteiger partial charge in [0.05, 0.1) is 27.7 Å². The third kappa shape index (κ3) is 5.32. The van der Waals surface area contributed by atoms with Crippen molar-refractivity contribution in [2.75, 3.05) is 27.2 Å². The molecule has 1 fully saturated rings. The summed E-state index contributed by atoms with van der Waals surface area (Å²) in [6.07, 6.45) is 3.72. The highest BCUT2D eigenvalue weighted by molar-refractivity contribution is 8.18. The standard InChI is InChI=1S/C27H29N5O4S2/c1-18-15-31(16-19(2)36-18)27-28-26(33)24(37-27)14-21-17-32(22-10-6-5-7-11-22)29-25(21)20-9-8-12-23(13-20)38(34,35)30(3)4/h5-14,17-19H,15-16H2,1-4H3/b24-14-/t18-,19-/m0/s1. The molecule has 198 valence electrons. The molecule has 0 aliphatic carbocycles. The molecule has 0 bridgehead atoms. The Morgan fingerprint density at radius 2 is 1.76 bits per heavy atom. The van der Waals surface area contributed by atoms with Crippen molar-refractivity contribution in [3.8, 4) is 16.9 Å². The van der Waals surface area contributed by atoms with Crippen LogP contribution in [0.25, 0.3) is 23.0 Å². The van der Waals surface area contributed by atoms with Crippen molar-refractivity contribution >= 4 is 38.9 Å². The van der Waals surface area contributed by atoms with Crippen LogP contribution >= 0.6 is 11.8 Å². The predicted octanol–water partition coefficient (Wildman–Crippen LogP) is 3.87. The highest BCUT2D eigenvalue weighted by atomic mass is 32.2. The average molecular weight is 552 g/mol. The van der Waals surface area contributed by atoms with E-state index in [0.29, 0.717) is 40.0 Å². The first kappa shape index (κ1) is 26.4. The lowest BCUT2D eigenvalue weighted by atomic mass is 10.1. The van der Waals surface area contributed by atoms with E-state index in [-0.39, 0.29) is 23.0 Å². The molecule has 1 aromatic heterocycles. The van der Waals surface area contributed by atoms with Gasteiger partial charge in [0.25, 0.3) is 5.91 Å². The number of hydrogen-bond acceptors (Lipinski definition) is 7. The van der Waals surface area contributed by atoms with Crippen LogP contribution in [0.15, 0.2) is 75.6 Å². The third-order valence-corrected chi connectivity index (χ3v) is 9.09. The molecule has 9 nitrogen and oxygen atoms in total. The lowest BCUT2D eigenvalue weighted by molar-refractivity contribution is -0.113. The van der Waals surface area contributed by atoms with Gasteiger partial charge < -0.3 is 9.64 Å². The van der Waals surface area contributed by atoms with Crippen molar-refractivity contribution in [1.29, 1.82) is 0 Å². The van der Waals surface area contributed by atoms with Gasteiger partial charge in [0.15, 0.2) is 5.17 Å². The monoisotopic (exact) mass is 551 g/mol. The summed E-state index contributed by atoms with van der Waals surface area (Å²) in [5.74, 6) is -0.306. The summed E-state index contributed by atoms with van der Waals surface area (Å²) in [6, 6.07) is 16.3. The number of para-hydroxylation sites is 1. The molecule has 0 saturated carbocycles. The maximum Gasteiger partial charge on any atom is 0.286 e. The SMILES string of the molecule is C[C@H]1CN(C2=NC(=O)/C(=C/c3cn(-c4ccccc4)nc3-c3cccc(S(=O)(=O)N(C)C)c3)S2)C[C@H](C)O1. The van der Waals surface area contributed by atoms with E-state index < -0.39 is 10.0 Å². The van der Waals surface area contributed by atoms with E-state index >= 15 is 0 Å². The Balaban J connectivity index is 1.54. The van der Waals surface area contributed by atoms with Gasteiger partial charge >= 0.3 is 0 Å². The number of carbonyl (C=O) groups excluding carboxylic acids is 1. The highest BCUT2D eigenvalue weighted by Crippen LogP contribution is 2.34. The molecule has 38 heavy (non-hydrogen) atoms. The Morgan fingerprint density at radius 3 is 2.45 bits per heavy atom. The predicted molar refractivity (Wildman–Crippen MR) is 149 cm³/mol. The first-order valence-electron chi connectivity index (χ1n) is 12.2. The summed E-state index contributed by atoms with van der Waals surface area (Å²) in [4.78, 5) is 20.0. The molecular weight excluding hydrogens is 522 g/mol. The van der Waals surface area contributed by atoms with Crippen molar-refractivity contribution in [2.45, 2.75) is 31.0 Å². The summed E-state index contributed by atoms with van der Waals surface area (Å²) < 4.78 is 34.3. The number of nitrogens with zero attached hydrogens (tertiary/aromatic N) is 5. The molecule has 11 heteroatoms. The van der Waals surface area contributed by atoms with Crippen LogP contribution in [0.5, 0.6) is 0 Å². The molecule has 0 N–H and O–H groups in total. The van der Waals surface area contributed by atoms with E-state index in [1.807, 2.05) is 56.4 Å². The molecule has 2 atom stereocenters. The fourth-order valence-corrected chi connectivity index (χ4v) is 6.32. The minimum Gasteiger partial charge on any atom is -0.372 e. The Morgan fingerprint density at radius 1 is 1.05 bits per heavy atom. The van der Waals surface area contributed by atoms with Crippen molar-refractivity contribution < 1.29 is 17.9 Å². The first-order chi connectivity index (χ1) is 18.1. The Kier molecular flexibility index (Phi) is 7.28. The number of thioether (sulfide) groups is 1. The number of morpholine rings is 1. The fraction of sp³-hybridized carbons (Fsp3) is 0.296. The maximum absolute atomic E-state index is 12.9. The highest BCUT2D eigenvalue weighted by Gasteiger charge is 2.31. The molecule has 3 aromatic rings. The summed E-state index contributed by atoms with van der Waals surface area (Å²) >= 11 is 1.34. The number of carbonyl (C=O) groups is 1. The van der Waals surface area contributed by atoms with Crippen LogP contribution in [-0.2, 0) is 19.6 Å². The van der Waals surface area contributed by atoms with Gasteiger partial charge in [-0.3, -0.25) is 4.79 Å². The summed E-state index contributed by atoms with van der Waals surface area (Å²) in [5.41, 5.74) is 2.72. The van der Waals surface area contributed by atoms with Gasteiger partial charge in [0.2, 0.25) is 10.0 Å². The molecule has 0 spiro atoms. The van der Waals surface area contributed by atoms with Gasteiger partial charge in [-0.15, -0.1) is 0 Å². The molecule has 1 saturated heterocycles. The number of amides is 1. The van der Waals surface area contributed by atoms with Crippen molar-refractivity contribution in [3.63, 3.8) is 0 Å². The molecule has 0 radical (unpaired) electrons. The number of rotatable bonds is 5. The number of aliphatic imine (C=N–C) groups is 1. The van der Waals surface area contributed by atoms with Crippen LogP contribution in [0.4, 0.5) is 0 Å². The first-order valence-corrected chi connectivity index (χ1v) is 14.5. The van der Waals surface area contributed by atoms with Crippen molar-refractivity contribution in [1.82, 2.24) is 19.0 Å². The minimum absolute atomic E-state index is 0.0478. The zero-order valence-corrected chi connectivity index (χ0v) is 23.2. The average Bonchev–Trinajstić information content (AvgIpc) is 3.48. The third-order valence-electron chi connectivity index (χ3n) is 6.24. The number of aromatic nitrogens is 2. The molecule has 1 amide bonds. The number of sulfonamides is 1. The topological polar surface area (TPSA) is 97.1 Å². The van der Waals surface area contributed by atoms with E-state index in [2.05, 4.69) is 9.89 Å². The van der Waals surface area contributed by atoms with Gasteiger partial charge in [-0.2, -0.15) is 10.1 Å². The molecule has 2 aliphatic heterocycles. The van der Waals surface area contributed by atoms with Gasteiger partial charge in [0, 0.05) is 44.5 Å². The zero-order chi connectivity index (χ0) is 27.0. The summed E-state index contributed by atoms with van der Waals surface area (Å²) in [5, 5.41) is 5.46. The van der Waals surface area contributed by atoms with Gasteiger partial charge in [-0.1, -0.05) is 30.3 Å². The lowest BCUT2D eigenvalue weighted by Gasteiger charge is -2.35. The molecular formula is C27H29N5O4S2. The Hall–Kier alpha value is -3.25. The molecule has 0 unspecified atom stereocenters. The van der Waals surface area contributed by atoms with Gasteiger partial charge in [-0.25, -0.2) is 17.4 Å². The van der Waals surface area contributed by atoms with Crippen molar-refractivity contribution in [2.24, 2.45) is 4.99 Å². The van der Waals surface area contributed by atoms with Gasteiger partial charge in [-0.05, 0) is 56.0 Å². The number of hydrogen-bond donors (Lipinski definition) is 0. The largest absolute Gasteiger partial charge is 0.372 e. The Bertz CT molecular complexity index is 1520. The zero-order valence-electron chi connectivity index (χ0n) is 21.6. The normalized spacial score (nSPS) is 21.4. The minimum atomic E-state index is -3.63. The van der Waals surface area contributed by atoms with Crippen LogP contribution in [0.3, 0.4) is 0 Å². The molecule has 2 aromatic carbocycles. The van der Waals surface area contributed by atoms with E-state index in [1.165, 1.54) is 30.2 Å². The van der Waals surface area contributed by atoms with E-state index in [1.54, 1.807) is 29.0 Å². The Labute approximate surface area is 226 Å². The lowest BCUT2D eigenvalue weighted by Crippen LogP contribution is -2.47. The van der Waals surface area contributed by atoms with Crippen molar-refractivity contribution in [3.05, 3.63) is 71.3 Å². The second-order valence-electron chi connectivity index (χ2n) is 9.50. The number of ether oxygens (including phenoxy) is 1. The van der Waals surface area contributed by atoms with E-state index in [4.69, 9.17) is 9.84 Å². The quantitative estimate of drug-likeness (QED) is 0.444.